The van der Waals surface area contributed by atoms with Gasteiger partial charge in [-0.3, -0.25) is 9.36 Å². The molecule has 0 aliphatic carbocycles. The van der Waals surface area contributed by atoms with Crippen molar-refractivity contribution < 1.29 is 9.53 Å². The Labute approximate surface area is 151 Å². The van der Waals surface area contributed by atoms with Gasteiger partial charge in [0.1, 0.15) is 0 Å². The van der Waals surface area contributed by atoms with Crippen molar-refractivity contribution in [3.05, 3.63) is 29.8 Å². The Balaban J connectivity index is 1.62. The van der Waals surface area contributed by atoms with E-state index in [4.69, 9.17) is 4.74 Å². The van der Waals surface area contributed by atoms with E-state index in [0.29, 0.717) is 19.0 Å². The van der Waals surface area contributed by atoms with Crippen LogP contribution in [-0.2, 0) is 16.1 Å². The lowest BCUT2D eigenvalue weighted by Gasteiger charge is -2.27. The Morgan fingerprint density at radius 2 is 2.04 bits per heavy atom. The summed E-state index contributed by atoms with van der Waals surface area (Å²) in [5.74, 6) is 1.11. The fourth-order valence-electron chi connectivity index (χ4n) is 2.69. The molecule has 134 valence electrons. The molecule has 0 spiro atoms. The number of amides is 1. The number of carbonyl (C=O) groups excluding carboxylic acids is 1. The maximum absolute atomic E-state index is 12.2. The van der Waals surface area contributed by atoms with Gasteiger partial charge < -0.3 is 15.0 Å². The van der Waals surface area contributed by atoms with Gasteiger partial charge in [-0.2, -0.15) is 0 Å². The SMILES string of the molecule is CCn1c(SCC(=O)Nc2ccccc2C)nnc1N1CCOCC1. The summed E-state index contributed by atoms with van der Waals surface area (Å²) in [5, 5.41) is 12.3. The molecule has 1 aromatic heterocycles. The largest absolute Gasteiger partial charge is 0.378 e. The highest BCUT2D eigenvalue weighted by Gasteiger charge is 2.20. The van der Waals surface area contributed by atoms with E-state index in [2.05, 4.69) is 31.9 Å². The van der Waals surface area contributed by atoms with Crippen molar-refractivity contribution in [2.75, 3.05) is 42.3 Å². The Morgan fingerprint density at radius 3 is 2.76 bits per heavy atom. The molecule has 1 N–H and O–H groups in total. The van der Waals surface area contributed by atoms with E-state index in [0.717, 1.165) is 42.0 Å². The fourth-order valence-corrected chi connectivity index (χ4v) is 3.49. The number of thioether (sulfide) groups is 1. The van der Waals surface area contributed by atoms with Crippen LogP contribution in [0, 0.1) is 6.92 Å². The van der Waals surface area contributed by atoms with Crippen molar-refractivity contribution in [1.82, 2.24) is 14.8 Å². The average Bonchev–Trinajstić information content (AvgIpc) is 3.05. The molecule has 0 atom stereocenters. The number of hydrogen-bond acceptors (Lipinski definition) is 6. The van der Waals surface area contributed by atoms with Gasteiger partial charge in [0.25, 0.3) is 0 Å². The quantitative estimate of drug-likeness (QED) is 0.795. The topological polar surface area (TPSA) is 72.3 Å². The Kier molecular flexibility index (Phi) is 5.93. The first kappa shape index (κ1) is 17.8. The molecule has 0 radical (unpaired) electrons. The summed E-state index contributed by atoms with van der Waals surface area (Å²) in [6.45, 7) is 7.85. The molecule has 1 fully saturated rings. The first-order chi connectivity index (χ1) is 12.2. The van der Waals surface area contributed by atoms with Crippen LogP contribution in [0.2, 0.25) is 0 Å². The van der Waals surface area contributed by atoms with Crippen LogP contribution in [0.4, 0.5) is 11.6 Å². The summed E-state index contributed by atoms with van der Waals surface area (Å²) in [4.78, 5) is 14.4. The number of morpholine rings is 1. The minimum Gasteiger partial charge on any atom is -0.378 e. The smallest absolute Gasteiger partial charge is 0.234 e. The van der Waals surface area contributed by atoms with E-state index < -0.39 is 0 Å². The van der Waals surface area contributed by atoms with E-state index in [1.807, 2.05) is 31.2 Å². The number of nitrogens with zero attached hydrogens (tertiary/aromatic N) is 4. The number of para-hydroxylation sites is 1. The highest BCUT2D eigenvalue weighted by atomic mass is 32.2. The Bertz CT molecular complexity index is 728. The second-order valence-electron chi connectivity index (χ2n) is 5.78. The van der Waals surface area contributed by atoms with Gasteiger partial charge in [-0.25, -0.2) is 0 Å². The summed E-state index contributed by atoms with van der Waals surface area (Å²) in [7, 11) is 0. The highest BCUT2D eigenvalue weighted by Crippen LogP contribution is 2.23. The maximum atomic E-state index is 12.2. The number of hydrogen-bond donors (Lipinski definition) is 1. The lowest BCUT2D eigenvalue weighted by molar-refractivity contribution is -0.113. The molecule has 2 heterocycles. The van der Waals surface area contributed by atoms with E-state index >= 15 is 0 Å². The van der Waals surface area contributed by atoms with Crippen LogP contribution in [0.25, 0.3) is 0 Å². The predicted octanol–water partition coefficient (Wildman–Crippen LogP) is 2.17. The van der Waals surface area contributed by atoms with Crippen molar-refractivity contribution in [3.63, 3.8) is 0 Å². The number of ether oxygens (including phenoxy) is 1. The summed E-state index contributed by atoms with van der Waals surface area (Å²) in [5.41, 5.74) is 1.89. The second kappa shape index (κ2) is 8.35. The normalized spacial score (nSPS) is 14.6. The molecule has 8 heteroatoms. The zero-order valence-electron chi connectivity index (χ0n) is 14.6. The van der Waals surface area contributed by atoms with Crippen molar-refractivity contribution >= 4 is 29.3 Å². The van der Waals surface area contributed by atoms with Crippen molar-refractivity contribution in [3.8, 4) is 0 Å². The first-order valence-electron chi connectivity index (χ1n) is 8.43. The van der Waals surface area contributed by atoms with E-state index in [1.54, 1.807) is 0 Å². The third kappa shape index (κ3) is 4.32. The highest BCUT2D eigenvalue weighted by molar-refractivity contribution is 7.99. The average molecular weight is 361 g/mol. The van der Waals surface area contributed by atoms with Gasteiger partial charge in [0.15, 0.2) is 5.16 Å². The molecule has 1 amide bonds. The van der Waals surface area contributed by atoms with Crippen LogP contribution in [0.15, 0.2) is 29.4 Å². The lowest BCUT2D eigenvalue weighted by Crippen LogP contribution is -2.38. The third-order valence-electron chi connectivity index (χ3n) is 4.06. The number of nitrogens with one attached hydrogen (secondary N) is 1. The summed E-state index contributed by atoms with van der Waals surface area (Å²) in [6, 6.07) is 7.75. The molecule has 25 heavy (non-hydrogen) atoms. The molecule has 2 aromatic rings. The molecule has 3 rings (SSSR count). The van der Waals surface area contributed by atoms with E-state index in [-0.39, 0.29) is 5.91 Å². The third-order valence-corrected chi connectivity index (χ3v) is 5.03. The second-order valence-corrected chi connectivity index (χ2v) is 6.72. The number of carbonyl (C=O) groups is 1. The maximum Gasteiger partial charge on any atom is 0.234 e. The summed E-state index contributed by atoms with van der Waals surface area (Å²) >= 11 is 1.41. The van der Waals surface area contributed by atoms with Gasteiger partial charge in [-0.15, -0.1) is 10.2 Å². The van der Waals surface area contributed by atoms with Gasteiger partial charge >= 0.3 is 0 Å². The van der Waals surface area contributed by atoms with Gasteiger partial charge in [0, 0.05) is 25.3 Å². The molecule has 7 nitrogen and oxygen atoms in total. The van der Waals surface area contributed by atoms with Crippen LogP contribution < -0.4 is 10.2 Å². The monoisotopic (exact) mass is 361 g/mol. The van der Waals surface area contributed by atoms with Gasteiger partial charge in [-0.1, -0.05) is 30.0 Å². The van der Waals surface area contributed by atoms with Gasteiger partial charge in [0.05, 0.1) is 19.0 Å². The van der Waals surface area contributed by atoms with Crippen LogP contribution in [0.5, 0.6) is 0 Å². The molecular weight excluding hydrogens is 338 g/mol. The van der Waals surface area contributed by atoms with Crippen LogP contribution in [0.3, 0.4) is 0 Å². The molecular formula is C17H23N5O2S. The zero-order chi connectivity index (χ0) is 17.6. The minimum absolute atomic E-state index is 0.0436. The number of aryl methyl sites for hydroxylation is 1. The Hall–Kier alpha value is -2.06. The molecule has 0 bridgehead atoms. The molecule has 1 aromatic carbocycles. The zero-order valence-corrected chi connectivity index (χ0v) is 15.4. The molecule has 1 saturated heterocycles. The number of rotatable bonds is 6. The lowest BCUT2D eigenvalue weighted by atomic mass is 10.2. The summed E-state index contributed by atoms with van der Waals surface area (Å²) in [6.07, 6.45) is 0. The van der Waals surface area contributed by atoms with Crippen molar-refractivity contribution in [1.29, 1.82) is 0 Å². The minimum atomic E-state index is -0.0436. The molecule has 1 aliphatic rings. The summed E-state index contributed by atoms with van der Waals surface area (Å²) < 4.78 is 7.44. The molecule has 0 saturated carbocycles. The number of anilines is 2. The standard InChI is InChI=1S/C17H23N5O2S/c1-3-22-16(21-8-10-24-11-9-21)19-20-17(22)25-12-15(23)18-14-7-5-4-6-13(14)2/h4-7H,3,8-12H2,1-2H3,(H,18,23). The first-order valence-corrected chi connectivity index (χ1v) is 9.41. The van der Waals surface area contributed by atoms with Crippen LogP contribution in [-0.4, -0.2) is 52.7 Å². The van der Waals surface area contributed by atoms with Gasteiger partial charge in [-0.05, 0) is 25.5 Å². The fraction of sp³-hybridized carbons (Fsp3) is 0.471. The van der Waals surface area contributed by atoms with Crippen molar-refractivity contribution in [2.24, 2.45) is 0 Å². The molecule has 0 unspecified atom stereocenters. The van der Waals surface area contributed by atoms with E-state index in [9.17, 15) is 4.79 Å². The van der Waals surface area contributed by atoms with E-state index in [1.165, 1.54) is 11.8 Å². The van der Waals surface area contributed by atoms with Crippen molar-refractivity contribution in [2.45, 2.75) is 25.5 Å². The Morgan fingerprint density at radius 1 is 1.28 bits per heavy atom. The van der Waals surface area contributed by atoms with Crippen LogP contribution >= 0.6 is 11.8 Å². The van der Waals surface area contributed by atoms with Crippen LogP contribution in [0.1, 0.15) is 12.5 Å². The number of aromatic nitrogens is 3. The van der Waals surface area contributed by atoms with Gasteiger partial charge in [0.2, 0.25) is 11.9 Å². The predicted molar refractivity (Wildman–Crippen MR) is 99.3 cm³/mol. The molecule has 1 aliphatic heterocycles. The number of benzene rings is 1.